The zero-order valence-electron chi connectivity index (χ0n) is 5.35. The third-order valence-electron chi connectivity index (χ3n) is 1.73. The molecule has 0 aromatic carbocycles. The van der Waals surface area contributed by atoms with Gasteiger partial charge in [-0.25, -0.2) is 0 Å². The van der Waals surface area contributed by atoms with Crippen molar-refractivity contribution in [3.8, 4) is 0 Å². The minimum Gasteiger partial charge on any atom is -0.329 e. The molecule has 1 fully saturated rings. The number of nitrogens with one attached hydrogen (secondary N) is 1. The standard InChI is InChI=1S/C6H14N2/c1-5-2-6(3-7)8-4-5/h5-6,8H,2-4,7H2,1H3. The van der Waals surface area contributed by atoms with E-state index in [1.54, 1.807) is 0 Å². The Bertz CT molecular complexity index is 72.9. The van der Waals surface area contributed by atoms with E-state index in [9.17, 15) is 0 Å². The van der Waals surface area contributed by atoms with Crippen molar-refractivity contribution < 1.29 is 0 Å². The Labute approximate surface area is 50.4 Å². The lowest BCUT2D eigenvalue weighted by molar-refractivity contribution is 0.592. The molecular weight excluding hydrogens is 100 g/mol. The first kappa shape index (κ1) is 6.05. The SMILES string of the molecule is CC1CNC(CN)C1. The van der Waals surface area contributed by atoms with Gasteiger partial charge < -0.3 is 11.1 Å². The topological polar surface area (TPSA) is 38.0 Å². The van der Waals surface area contributed by atoms with Crippen molar-refractivity contribution in [2.75, 3.05) is 13.1 Å². The molecule has 2 heteroatoms. The fourth-order valence-electron chi connectivity index (χ4n) is 1.20. The molecule has 2 nitrogen and oxygen atoms in total. The highest BCUT2D eigenvalue weighted by molar-refractivity contribution is 4.78. The lowest BCUT2D eigenvalue weighted by Gasteiger charge is -2.03. The molecule has 0 amide bonds. The summed E-state index contributed by atoms with van der Waals surface area (Å²) in [6.45, 7) is 4.20. The summed E-state index contributed by atoms with van der Waals surface area (Å²) in [5.74, 6) is 0.837. The zero-order chi connectivity index (χ0) is 5.98. The lowest BCUT2D eigenvalue weighted by atomic mass is 10.1. The largest absolute Gasteiger partial charge is 0.329 e. The smallest absolute Gasteiger partial charge is 0.0193 e. The summed E-state index contributed by atoms with van der Waals surface area (Å²) in [5.41, 5.74) is 5.43. The minimum absolute atomic E-state index is 0.602. The Morgan fingerprint density at radius 2 is 2.50 bits per heavy atom. The summed E-state index contributed by atoms with van der Waals surface area (Å²) in [7, 11) is 0. The molecule has 2 atom stereocenters. The third-order valence-corrected chi connectivity index (χ3v) is 1.73. The van der Waals surface area contributed by atoms with Gasteiger partial charge in [-0.2, -0.15) is 0 Å². The van der Waals surface area contributed by atoms with Gasteiger partial charge in [-0.15, -0.1) is 0 Å². The van der Waals surface area contributed by atoms with Crippen LogP contribution >= 0.6 is 0 Å². The molecule has 0 radical (unpaired) electrons. The molecule has 1 aliphatic rings. The van der Waals surface area contributed by atoms with E-state index in [1.165, 1.54) is 6.42 Å². The van der Waals surface area contributed by atoms with Crippen LogP contribution in [-0.4, -0.2) is 19.1 Å². The lowest BCUT2D eigenvalue weighted by Crippen LogP contribution is -2.29. The molecule has 3 N–H and O–H groups in total. The van der Waals surface area contributed by atoms with Crippen molar-refractivity contribution in [1.82, 2.24) is 5.32 Å². The van der Waals surface area contributed by atoms with Crippen molar-refractivity contribution in [3.63, 3.8) is 0 Å². The maximum Gasteiger partial charge on any atom is 0.0193 e. The average molecular weight is 114 g/mol. The van der Waals surface area contributed by atoms with Crippen molar-refractivity contribution in [2.45, 2.75) is 19.4 Å². The second kappa shape index (κ2) is 2.46. The molecular formula is C6H14N2. The summed E-state index contributed by atoms with van der Waals surface area (Å²) < 4.78 is 0. The number of hydrogen-bond acceptors (Lipinski definition) is 2. The minimum atomic E-state index is 0.602. The molecule has 0 saturated carbocycles. The van der Waals surface area contributed by atoms with Crippen molar-refractivity contribution in [3.05, 3.63) is 0 Å². The van der Waals surface area contributed by atoms with E-state index >= 15 is 0 Å². The Morgan fingerprint density at radius 1 is 1.75 bits per heavy atom. The Morgan fingerprint density at radius 3 is 2.75 bits per heavy atom. The molecule has 8 heavy (non-hydrogen) atoms. The molecule has 1 rings (SSSR count). The van der Waals surface area contributed by atoms with E-state index in [0.717, 1.165) is 19.0 Å². The first-order valence-electron chi connectivity index (χ1n) is 3.26. The summed E-state index contributed by atoms with van der Waals surface area (Å²) >= 11 is 0. The van der Waals surface area contributed by atoms with E-state index in [4.69, 9.17) is 5.73 Å². The van der Waals surface area contributed by atoms with Gasteiger partial charge in [-0.1, -0.05) is 6.92 Å². The molecule has 0 bridgehead atoms. The monoisotopic (exact) mass is 114 g/mol. The molecule has 0 aliphatic carbocycles. The van der Waals surface area contributed by atoms with Gasteiger partial charge in [0, 0.05) is 12.6 Å². The maximum atomic E-state index is 5.43. The first-order valence-corrected chi connectivity index (χ1v) is 3.26. The number of rotatable bonds is 1. The van der Waals surface area contributed by atoms with Gasteiger partial charge in [-0.3, -0.25) is 0 Å². The van der Waals surface area contributed by atoms with Crippen LogP contribution in [-0.2, 0) is 0 Å². The van der Waals surface area contributed by atoms with Gasteiger partial charge in [0.15, 0.2) is 0 Å². The predicted octanol–water partition coefficient (Wildman–Crippen LogP) is -0.0569. The van der Waals surface area contributed by atoms with Gasteiger partial charge >= 0.3 is 0 Å². The average Bonchev–Trinajstić information content (AvgIpc) is 2.14. The van der Waals surface area contributed by atoms with E-state index in [-0.39, 0.29) is 0 Å². The van der Waals surface area contributed by atoms with Crippen LogP contribution in [0.2, 0.25) is 0 Å². The van der Waals surface area contributed by atoms with Crippen molar-refractivity contribution >= 4 is 0 Å². The number of hydrogen-bond donors (Lipinski definition) is 2. The summed E-state index contributed by atoms with van der Waals surface area (Å²) in [5, 5.41) is 3.33. The highest BCUT2D eigenvalue weighted by Crippen LogP contribution is 2.10. The highest BCUT2D eigenvalue weighted by atomic mass is 15.0. The molecule has 1 saturated heterocycles. The van der Waals surface area contributed by atoms with Crippen LogP contribution in [0.1, 0.15) is 13.3 Å². The molecule has 48 valence electrons. The van der Waals surface area contributed by atoms with Gasteiger partial charge in [0.25, 0.3) is 0 Å². The van der Waals surface area contributed by atoms with Crippen LogP contribution in [0.3, 0.4) is 0 Å². The molecule has 2 unspecified atom stereocenters. The second-order valence-corrected chi connectivity index (χ2v) is 2.68. The van der Waals surface area contributed by atoms with Gasteiger partial charge in [0.05, 0.1) is 0 Å². The van der Waals surface area contributed by atoms with Crippen LogP contribution in [0.25, 0.3) is 0 Å². The summed E-state index contributed by atoms with van der Waals surface area (Å²) in [4.78, 5) is 0. The van der Waals surface area contributed by atoms with Crippen LogP contribution in [0.15, 0.2) is 0 Å². The van der Waals surface area contributed by atoms with Crippen molar-refractivity contribution in [1.29, 1.82) is 0 Å². The van der Waals surface area contributed by atoms with E-state index in [2.05, 4.69) is 12.2 Å². The zero-order valence-corrected chi connectivity index (χ0v) is 5.35. The number of nitrogens with two attached hydrogens (primary N) is 1. The van der Waals surface area contributed by atoms with E-state index in [0.29, 0.717) is 6.04 Å². The normalized spacial score (nSPS) is 38.2. The second-order valence-electron chi connectivity index (χ2n) is 2.68. The molecule has 1 heterocycles. The van der Waals surface area contributed by atoms with Crippen LogP contribution in [0.4, 0.5) is 0 Å². The van der Waals surface area contributed by atoms with Crippen LogP contribution < -0.4 is 11.1 Å². The van der Waals surface area contributed by atoms with Crippen LogP contribution in [0.5, 0.6) is 0 Å². The Hall–Kier alpha value is -0.0800. The van der Waals surface area contributed by atoms with Crippen molar-refractivity contribution in [2.24, 2.45) is 11.7 Å². The Balaban J connectivity index is 2.22. The fraction of sp³-hybridized carbons (Fsp3) is 1.00. The highest BCUT2D eigenvalue weighted by Gasteiger charge is 2.17. The van der Waals surface area contributed by atoms with Gasteiger partial charge in [0.1, 0.15) is 0 Å². The third kappa shape index (κ3) is 1.20. The Kier molecular flexibility index (Phi) is 1.86. The molecule has 0 spiro atoms. The fourth-order valence-corrected chi connectivity index (χ4v) is 1.20. The van der Waals surface area contributed by atoms with E-state index < -0.39 is 0 Å². The van der Waals surface area contributed by atoms with Gasteiger partial charge in [-0.05, 0) is 18.9 Å². The van der Waals surface area contributed by atoms with Crippen LogP contribution in [0, 0.1) is 5.92 Å². The van der Waals surface area contributed by atoms with Gasteiger partial charge in [0.2, 0.25) is 0 Å². The summed E-state index contributed by atoms with van der Waals surface area (Å²) in [6, 6.07) is 0.602. The maximum absolute atomic E-state index is 5.43. The quantitative estimate of drug-likeness (QED) is 0.501. The molecule has 0 aromatic heterocycles. The molecule has 0 aromatic rings. The first-order chi connectivity index (χ1) is 3.83. The molecule has 1 aliphatic heterocycles. The van der Waals surface area contributed by atoms with E-state index in [1.807, 2.05) is 0 Å². The summed E-state index contributed by atoms with van der Waals surface area (Å²) in [6.07, 6.45) is 1.26. The predicted molar refractivity (Wildman–Crippen MR) is 34.6 cm³/mol.